The lowest BCUT2D eigenvalue weighted by atomic mass is 10.3. The first-order valence-corrected chi connectivity index (χ1v) is 4.44. The Labute approximate surface area is 69.0 Å². The van der Waals surface area contributed by atoms with Crippen molar-refractivity contribution in [2.75, 3.05) is 13.1 Å². The molecule has 0 saturated carbocycles. The predicted molar refractivity (Wildman–Crippen MR) is 49.4 cm³/mol. The second kappa shape index (κ2) is 7.38. The standard InChI is InChI=1S/C7H18N2S/c1-2-4-7(10)9-6-3-5-8/h7,9-10H,2-6,8H2,1H3. The molecule has 1 atom stereocenters. The number of nitrogens with one attached hydrogen (secondary N) is 1. The second-order valence-electron chi connectivity index (χ2n) is 2.40. The Morgan fingerprint density at radius 3 is 2.80 bits per heavy atom. The van der Waals surface area contributed by atoms with Crippen LogP contribution in [0.5, 0.6) is 0 Å². The summed E-state index contributed by atoms with van der Waals surface area (Å²) < 4.78 is 0. The van der Waals surface area contributed by atoms with Crippen molar-refractivity contribution >= 4 is 12.6 Å². The molecule has 0 bridgehead atoms. The van der Waals surface area contributed by atoms with Crippen LogP contribution < -0.4 is 11.1 Å². The Balaban J connectivity index is 2.97. The summed E-state index contributed by atoms with van der Waals surface area (Å²) in [6, 6.07) is 0. The van der Waals surface area contributed by atoms with E-state index in [2.05, 4.69) is 24.9 Å². The molecule has 0 aromatic heterocycles. The van der Waals surface area contributed by atoms with Gasteiger partial charge in [-0.15, -0.1) is 0 Å². The summed E-state index contributed by atoms with van der Waals surface area (Å²) in [4.78, 5) is 0. The van der Waals surface area contributed by atoms with Gasteiger partial charge < -0.3 is 11.1 Å². The highest BCUT2D eigenvalue weighted by Gasteiger charge is 1.97. The molecule has 3 heteroatoms. The first kappa shape index (κ1) is 10.3. The third kappa shape index (κ3) is 6.39. The van der Waals surface area contributed by atoms with E-state index in [1.165, 1.54) is 6.42 Å². The summed E-state index contributed by atoms with van der Waals surface area (Å²) in [5.41, 5.74) is 5.32. The SMILES string of the molecule is CCCC(S)NCCCN. The van der Waals surface area contributed by atoms with E-state index in [0.29, 0.717) is 5.37 Å². The van der Waals surface area contributed by atoms with Crippen molar-refractivity contribution in [1.82, 2.24) is 5.32 Å². The topological polar surface area (TPSA) is 38.0 Å². The normalized spacial score (nSPS) is 13.5. The molecule has 0 heterocycles. The molecule has 2 nitrogen and oxygen atoms in total. The minimum atomic E-state index is 0.358. The van der Waals surface area contributed by atoms with Gasteiger partial charge in [0.2, 0.25) is 0 Å². The van der Waals surface area contributed by atoms with Crippen molar-refractivity contribution in [3.63, 3.8) is 0 Å². The Morgan fingerprint density at radius 2 is 2.30 bits per heavy atom. The average molecular weight is 162 g/mol. The molecule has 0 rings (SSSR count). The van der Waals surface area contributed by atoms with Gasteiger partial charge in [-0.1, -0.05) is 13.3 Å². The fourth-order valence-corrected chi connectivity index (χ4v) is 1.13. The molecule has 0 aromatic rings. The van der Waals surface area contributed by atoms with Crippen molar-refractivity contribution < 1.29 is 0 Å². The van der Waals surface area contributed by atoms with Crippen LogP contribution in [0.2, 0.25) is 0 Å². The summed E-state index contributed by atoms with van der Waals surface area (Å²) in [6.45, 7) is 3.91. The molecular formula is C7H18N2S. The summed E-state index contributed by atoms with van der Waals surface area (Å²) in [6.07, 6.45) is 3.36. The molecule has 62 valence electrons. The number of thiol groups is 1. The molecule has 10 heavy (non-hydrogen) atoms. The zero-order chi connectivity index (χ0) is 7.82. The van der Waals surface area contributed by atoms with E-state index in [1.807, 2.05) is 0 Å². The minimum absolute atomic E-state index is 0.358. The molecule has 0 aliphatic rings. The largest absolute Gasteiger partial charge is 0.330 e. The van der Waals surface area contributed by atoms with Gasteiger partial charge >= 0.3 is 0 Å². The van der Waals surface area contributed by atoms with Crippen LogP contribution in [0.3, 0.4) is 0 Å². The van der Waals surface area contributed by atoms with Crippen LogP contribution in [0.25, 0.3) is 0 Å². The first-order valence-electron chi connectivity index (χ1n) is 3.92. The lowest BCUT2D eigenvalue weighted by Crippen LogP contribution is -2.26. The van der Waals surface area contributed by atoms with Gasteiger partial charge in [0, 0.05) is 0 Å². The zero-order valence-corrected chi connectivity index (χ0v) is 7.53. The van der Waals surface area contributed by atoms with Gasteiger partial charge in [-0.05, 0) is 25.9 Å². The van der Waals surface area contributed by atoms with Crippen molar-refractivity contribution in [3.05, 3.63) is 0 Å². The number of nitrogens with two attached hydrogens (primary N) is 1. The van der Waals surface area contributed by atoms with Crippen molar-refractivity contribution in [2.45, 2.75) is 31.6 Å². The van der Waals surface area contributed by atoms with Crippen LogP contribution in [0, 0.1) is 0 Å². The molecule has 0 radical (unpaired) electrons. The Kier molecular flexibility index (Phi) is 7.58. The van der Waals surface area contributed by atoms with Gasteiger partial charge in [-0.25, -0.2) is 0 Å². The minimum Gasteiger partial charge on any atom is -0.330 e. The summed E-state index contributed by atoms with van der Waals surface area (Å²) in [7, 11) is 0. The van der Waals surface area contributed by atoms with Gasteiger partial charge in [-0.3, -0.25) is 0 Å². The highest BCUT2D eigenvalue weighted by Crippen LogP contribution is 1.99. The Bertz CT molecular complexity index is 68.6. The van der Waals surface area contributed by atoms with Crippen molar-refractivity contribution in [2.24, 2.45) is 5.73 Å². The van der Waals surface area contributed by atoms with Gasteiger partial charge in [0.1, 0.15) is 0 Å². The third-order valence-electron chi connectivity index (χ3n) is 1.32. The van der Waals surface area contributed by atoms with E-state index in [9.17, 15) is 0 Å². The maximum absolute atomic E-state index is 5.32. The highest BCUT2D eigenvalue weighted by molar-refractivity contribution is 7.80. The molecule has 0 aliphatic heterocycles. The third-order valence-corrected chi connectivity index (χ3v) is 1.76. The molecular weight excluding hydrogens is 144 g/mol. The van der Waals surface area contributed by atoms with Gasteiger partial charge in [0.25, 0.3) is 0 Å². The average Bonchev–Trinajstić information content (AvgIpc) is 1.89. The van der Waals surface area contributed by atoms with Gasteiger partial charge in [0.05, 0.1) is 5.37 Å². The van der Waals surface area contributed by atoms with Gasteiger partial charge in [-0.2, -0.15) is 12.6 Å². The molecule has 0 spiro atoms. The number of hydrogen-bond donors (Lipinski definition) is 3. The maximum Gasteiger partial charge on any atom is 0.0502 e. The maximum atomic E-state index is 5.32. The van der Waals surface area contributed by atoms with Crippen LogP contribution in [0.1, 0.15) is 26.2 Å². The van der Waals surface area contributed by atoms with Crippen LogP contribution in [0.15, 0.2) is 0 Å². The quantitative estimate of drug-likeness (QED) is 0.309. The van der Waals surface area contributed by atoms with Gasteiger partial charge in [0.15, 0.2) is 0 Å². The fraction of sp³-hybridized carbons (Fsp3) is 1.00. The molecule has 1 unspecified atom stereocenters. The van der Waals surface area contributed by atoms with E-state index >= 15 is 0 Å². The highest BCUT2D eigenvalue weighted by atomic mass is 32.1. The molecule has 0 aromatic carbocycles. The predicted octanol–water partition coefficient (Wildman–Crippen LogP) is 0.981. The van der Waals surface area contributed by atoms with E-state index in [4.69, 9.17) is 5.73 Å². The summed E-state index contributed by atoms with van der Waals surface area (Å²) in [5, 5.41) is 3.63. The lowest BCUT2D eigenvalue weighted by Gasteiger charge is -2.10. The van der Waals surface area contributed by atoms with E-state index in [-0.39, 0.29) is 0 Å². The van der Waals surface area contributed by atoms with E-state index < -0.39 is 0 Å². The number of hydrogen-bond acceptors (Lipinski definition) is 3. The van der Waals surface area contributed by atoms with Crippen LogP contribution >= 0.6 is 12.6 Å². The molecule has 3 N–H and O–H groups in total. The zero-order valence-electron chi connectivity index (χ0n) is 6.64. The monoisotopic (exact) mass is 162 g/mol. The Hall–Kier alpha value is 0.270. The molecule has 0 aliphatic carbocycles. The van der Waals surface area contributed by atoms with Crippen molar-refractivity contribution in [3.8, 4) is 0 Å². The lowest BCUT2D eigenvalue weighted by molar-refractivity contribution is 0.590. The van der Waals surface area contributed by atoms with E-state index in [0.717, 1.165) is 25.9 Å². The molecule has 0 saturated heterocycles. The Morgan fingerprint density at radius 1 is 1.60 bits per heavy atom. The fourth-order valence-electron chi connectivity index (χ4n) is 0.746. The van der Waals surface area contributed by atoms with E-state index in [1.54, 1.807) is 0 Å². The molecule has 0 amide bonds. The van der Waals surface area contributed by atoms with Crippen molar-refractivity contribution in [1.29, 1.82) is 0 Å². The first-order chi connectivity index (χ1) is 4.81. The summed E-state index contributed by atoms with van der Waals surface area (Å²) >= 11 is 4.33. The van der Waals surface area contributed by atoms with Crippen LogP contribution in [-0.4, -0.2) is 18.5 Å². The van der Waals surface area contributed by atoms with Crippen LogP contribution in [0.4, 0.5) is 0 Å². The second-order valence-corrected chi connectivity index (χ2v) is 3.02. The van der Waals surface area contributed by atoms with Crippen LogP contribution in [-0.2, 0) is 0 Å². The number of rotatable bonds is 6. The summed E-state index contributed by atoms with van der Waals surface area (Å²) in [5.74, 6) is 0. The smallest absolute Gasteiger partial charge is 0.0502 e. The molecule has 0 fully saturated rings.